The van der Waals surface area contributed by atoms with Crippen molar-refractivity contribution in [2.75, 3.05) is 6.26 Å². The fourth-order valence-electron chi connectivity index (χ4n) is 1.22. The van der Waals surface area contributed by atoms with Crippen molar-refractivity contribution in [1.82, 2.24) is 0 Å². The monoisotopic (exact) mass is 244 g/mol. The molecule has 1 aromatic rings. The molecule has 0 spiro atoms. The van der Waals surface area contributed by atoms with Gasteiger partial charge in [0.05, 0.1) is 18.5 Å². The number of benzene rings is 1. The number of hydrogen-bond acceptors (Lipinski definition) is 4. The van der Waals surface area contributed by atoms with E-state index in [0.29, 0.717) is 5.56 Å². The summed E-state index contributed by atoms with van der Waals surface area (Å²) in [6, 6.07) is 7.02. The summed E-state index contributed by atoms with van der Waals surface area (Å²) in [5.41, 5.74) is 0.494. The van der Waals surface area contributed by atoms with Crippen molar-refractivity contribution in [3.05, 3.63) is 35.4 Å². The maximum Gasteiger partial charge on any atom is 0.264 e. The Labute approximate surface area is 96.0 Å². The summed E-state index contributed by atoms with van der Waals surface area (Å²) in [4.78, 5) is 0. The summed E-state index contributed by atoms with van der Waals surface area (Å²) in [6.07, 6.45) is 1.01. The summed E-state index contributed by atoms with van der Waals surface area (Å²) in [5, 5.41) is 9.78. The zero-order valence-corrected chi connectivity index (χ0v) is 10.4. The van der Waals surface area contributed by atoms with E-state index in [1.165, 1.54) is 0 Å². The second-order valence-corrected chi connectivity index (χ2v) is 5.87. The zero-order chi connectivity index (χ0) is 12.4. The molecule has 0 bridgehead atoms. The van der Waals surface area contributed by atoms with Gasteiger partial charge in [0.1, 0.15) is 0 Å². The van der Waals surface area contributed by atoms with Crippen LogP contribution in [0.15, 0.2) is 24.3 Å². The van der Waals surface area contributed by atoms with E-state index in [0.717, 1.165) is 11.8 Å². The Hall–Kier alpha value is -0.910. The Balaban J connectivity index is 2.84. The van der Waals surface area contributed by atoms with Crippen LogP contribution in [-0.2, 0) is 26.5 Å². The van der Waals surface area contributed by atoms with Crippen LogP contribution in [0, 0.1) is 0 Å². The molecule has 0 heterocycles. The fraction of sp³-hybridized carbons (Fsp3) is 0.455. The lowest BCUT2D eigenvalue weighted by Crippen LogP contribution is -2.15. The molecule has 0 saturated heterocycles. The third-order valence-corrected chi connectivity index (χ3v) is 2.62. The molecule has 1 aromatic carbocycles. The highest BCUT2D eigenvalue weighted by molar-refractivity contribution is 7.85. The van der Waals surface area contributed by atoms with Gasteiger partial charge in [0.25, 0.3) is 10.1 Å². The quantitative estimate of drug-likeness (QED) is 0.813. The number of rotatable bonds is 4. The second-order valence-electron chi connectivity index (χ2n) is 4.23. The van der Waals surface area contributed by atoms with Crippen molar-refractivity contribution < 1.29 is 17.7 Å². The Kier molecular flexibility index (Phi) is 3.72. The highest BCUT2D eigenvalue weighted by Crippen LogP contribution is 2.20. The summed E-state index contributed by atoms with van der Waals surface area (Å²) in [5.74, 6) is 0. The van der Waals surface area contributed by atoms with Crippen LogP contribution in [0.5, 0.6) is 0 Å². The van der Waals surface area contributed by atoms with Crippen molar-refractivity contribution in [1.29, 1.82) is 0 Å². The second kappa shape index (κ2) is 4.53. The van der Waals surface area contributed by atoms with Gasteiger partial charge in [-0.3, -0.25) is 4.18 Å². The van der Waals surface area contributed by atoms with E-state index in [9.17, 15) is 13.5 Å². The molecule has 0 radical (unpaired) electrons. The van der Waals surface area contributed by atoms with Crippen LogP contribution in [-0.4, -0.2) is 19.8 Å². The Bertz CT molecular complexity index is 457. The van der Waals surface area contributed by atoms with Crippen LogP contribution in [0.25, 0.3) is 0 Å². The Morgan fingerprint density at radius 1 is 1.38 bits per heavy atom. The van der Waals surface area contributed by atoms with Gasteiger partial charge in [0.15, 0.2) is 0 Å². The standard InChI is InChI=1S/C11H16O4S/c1-11(2,12)10-6-4-5-9(7-10)8-15-16(3,13)14/h4-7,12H,8H2,1-3H3. The Morgan fingerprint density at radius 2 is 2.00 bits per heavy atom. The summed E-state index contributed by atoms with van der Waals surface area (Å²) < 4.78 is 26.3. The minimum atomic E-state index is -3.43. The molecule has 0 unspecified atom stereocenters. The number of aliphatic hydroxyl groups is 1. The molecule has 16 heavy (non-hydrogen) atoms. The van der Waals surface area contributed by atoms with Crippen molar-refractivity contribution in [3.63, 3.8) is 0 Å². The molecule has 0 aromatic heterocycles. The molecular weight excluding hydrogens is 228 g/mol. The molecule has 90 valence electrons. The van der Waals surface area contributed by atoms with Crippen LogP contribution >= 0.6 is 0 Å². The highest BCUT2D eigenvalue weighted by atomic mass is 32.2. The molecule has 0 aliphatic heterocycles. The Morgan fingerprint density at radius 3 is 2.50 bits per heavy atom. The third-order valence-electron chi connectivity index (χ3n) is 2.07. The lowest BCUT2D eigenvalue weighted by atomic mass is 9.97. The van der Waals surface area contributed by atoms with E-state index in [-0.39, 0.29) is 6.61 Å². The predicted octanol–water partition coefficient (Wildman–Crippen LogP) is 1.39. The van der Waals surface area contributed by atoms with Crippen molar-refractivity contribution in [2.24, 2.45) is 0 Å². The van der Waals surface area contributed by atoms with Gasteiger partial charge >= 0.3 is 0 Å². The van der Waals surface area contributed by atoms with Gasteiger partial charge < -0.3 is 5.11 Å². The largest absolute Gasteiger partial charge is 0.386 e. The SMILES string of the molecule is CC(C)(O)c1cccc(COS(C)(=O)=O)c1. The molecule has 0 atom stereocenters. The van der Waals surface area contributed by atoms with Crippen LogP contribution in [0.1, 0.15) is 25.0 Å². The molecule has 1 N–H and O–H groups in total. The first-order valence-corrected chi connectivity index (χ1v) is 6.66. The van der Waals surface area contributed by atoms with Crippen molar-refractivity contribution in [3.8, 4) is 0 Å². The van der Waals surface area contributed by atoms with Gasteiger partial charge in [-0.25, -0.2) is 0 Å². The first-order chi connectivity index (χ1) is 7.18. The fourth-order valence-corrected chi connectivity index (χ4v) is 1.57. The van der Waals surface area contributed by atoms with Gasteiger partial charge in [-0.05, 0) is 25.0 Å². The summed E-state index contributed by atoms with van der Waals surface area (Å²) in [6.45, 7) is 3.33. The molecule has 5 heteroatoms. The van der Waals surface area contributed by atoms with E-state index in [1.807, 2.05) is 0 Å². The molecular formula is C11H16O4S. The molecule has 0 amide bonds. The third kappa shape index (κ3) is 4.30. The molecule has 0 aliphatic rings. The predicted molar refractivity (Wildman–Crippen MR) is 61.3 cm³/mol. The normalized spacial score (nSPS) is 12.8. The van der Waals surface area contributed by atoms with Crippen LogP contribution in [0.3, 0.4) is 0 Å². The molecule has 0 saturated carbocycles. The smallest absolute Gasteiger partial charge is 0.264 e. The molecule has 0 fully saturated rings. The van der Waals surface area contributed by atoms with Crippen LogP contribution in [0.4, 0.5) is 0 Å². The average Bonchev–Trinajstić information content (AvgIpc) is 2.13. The average molecular weight is 244 g/mol. The van der Waals surface area contributed by atoms with E-state index in [1.54, 1.807) is 38.1 Å². The summed E-state index contributed by atoms with van der Waals surface area (Å²) in [7, 11) is -3.43. The number of hydrogen-bond donors (Lipinski definition) is 1. The topological polar surface area (TPSA) is 63.6 Å². The van der Waals surface area contributed by atoms with Gasteiger partial charge in [0.2, 0.25) is 0 Å². The van der Waals surface area contributed by atoms with Gasteiger partial charge in [0, 0.05) is 0 Å². The first-order valence-electron chi connectivity index (χ1n) is 4.85. The molecule has 4 nitrogen and oxygen atoms in total. The van der Waals surface area contributed by atoms with Gasteiger partial charge in [-0.1, -0.05) is 24.3 Å². The maximum atomic E-state index is 10.8. The van der Waals surface area contributed by atoms with E-state index in [4.69, 9.17) is 0 Å². The lowest BCUT2D eigenvalue weighted by Gasteiger charge is -2.18. The van der Waals surface area contributed by atoms with Crippen molar-refractivity contribution >= 4 is 10.1 Å². The minimum absolute atomic E-state index is 0.0112. The van der Waals surface area contributed by atoms with E-state index >= 15 is 0 Å². The highest BCUT2D eigenvalue weighted by Gasteiger charge is 2.16. The first kappa shape index (κ1) is 13.2. The molecule has 1 rings (SSSR count). The minimum Gasteiger partial charge on any atom is -0.386 e. The van der Waals surface area contributed by atoms with Gasteiger partial charge in [-0.15, -0.1) is 0 Å². The zero-order valence-electron chi connectivity index (χ0n) is 9.60. The van der Waals surface area contributed by atoms with Crippen molar-refractivity contribution in [2.45, 2.75) is 26.1 Å². The lowest BCUT2D eigenvalue weighted by molar-refractivity contribution is 0.0784. The maximum absolute atomic E-state index is 10.8. The van der Waals surface area contributed by atoms with Crippen LogP contribution < -0.4 is 0 Å². The van der Waals surface area contributed by atoms with E-state index < -0.39 is 15.7 Å². The molecule has 0 aliphatic carbocycles. The summed E-state index contributed by atoms with van der Waals surface area (Å²) >= 11 is 0. The van der Waals surface area contributed by atoms with E-state index in [2.05, 4.69) is 4.18 Å². The van der Waals surface area contributed by atoms with Crippen LogP contribution in [0.2, 0.25) is 0 Å². The van der Waals surface area contributed by atoms with Gasteiger partial charge in [-0.2, -0.15) is 8.42 Å².